The summed E-state index contributed by atoms with van der Waals surface area (Å²) in [6, 6.07) is 8.76. The van der Waals surface area contributed by atoms with Crippen LogP contribution in [0.3, 0.4) is 0 Å². The summed E-state index contributed by atoms with van der Waals surface area (Å²) in [5.41, 5.74) is 8.60. The van der Waals surface area contributed by atoms with Crippen molar-refractivity contribution in [2.24, 2.45) is 22.9 Å². The van der Waals surface area contributed by atoms with E-state index in [4.69, 9.17) is 0 Å². The van der Waals surface area contributed by atoms with Crippen LogP contribution < -0.4 is 16.3 Å². The zero-order valence-corrected chi connectivity index (χ0v) is 16.5. The van der Waals surface area contributed by atoms with Gasteiger partial charge < -0.3 is 10.4 Å². The number of carbonyl (C=O) groups is 1. The van der Waals surface area contributed by atoms with Gasteiger partial charge in [-0.2, -0.15) is 0 Å². The maximum Gasteiger partial charge on any atom is 0.307 e. The Kier molecular flexibility index (Phi) is 5.82. The highest BCUT2D eigenvalue weighted by molar-refractivity contribution is 5.89. The van der Waals surface area contributed by atoms with E-state index in [9.17, 15) is 9.90 Å². The summed E-state index contributed by atoms with van der Waals surface area (Å²) in [6.07, 6.45) is 6.11. The maximum atomic E-state index is 12.3. The molecule has 0 bridgehead atoms. The van der Waals surface area contributed by atoms with Crippen molar-refractivity contribution in [1.29, 1.82) is 0 Å². The van der Waals surface area contributed by atoms with E-state index in [-0.39, 0.29) is 11.8 Å². The molecule has 2 heterocycles. The van der Waals surface area contributed by atoms with E-state index in [0.29, 0.717) is 12.3 Å². The average Bonchev–Trinajstić information content (AvgIpc) is 3.44. The molecule has 4 rings (SSSR count). The highest BCUT2D eigenvalue weighted by atomic mass is 16.4. The lowest BCUT2D eigenvalue weighted by Crippen LogP contribution is -2.44. The van der Waals surface area contributed by atoms with Crippen molar-refractivity contribution in [2.45, 2.75) is 44.4 Å². The molecule has 2 fully saturated rings. The van der Waals surface area contributed by atoms with Crippen LogP contribution in [-0.4, -0.2) is 42.2 Å². The molecule has 1 unspecified atom stereocenters. The fourth-order valence-corrected chi connectivity index (χ4v) is 5.05. The van der Waals surface area contributed by atoms with Gasteiger partial charge in [-0.3, -0.25) is 10.2 Å². The number of nitrogens with zero attached hydrogens (tertiary/aromatic N) is 2. The number of carboxylic acid groups (broad SMARTS) is 1. The summed E-state index contributed by atoms with van der Waals surface area (Å²) in [5.74, 6) is 0.254. The molecule has 0 radical (unpaired) electrons. The molecule has 1 aromatic carbocycles. The zero-order valence-electron chi connectivity index (χ0n) is 16.5. The number of aliphatic carboxylic acids is 1. The molecule has 28 heavy (non-hydrogen) atoms. The number of rotatable bonds is 7. The van der Waals surface area contributed by atoms with Crippen molar-refractivity contribution in [3.63, 3.8) is 0 Å². The van der Waals surface area contributed by atoms with Crippen LogP contribution in [0, 0.1) is 17.8 Å². The maximum absolute atomic E-state index is 12.3. The van der Waals surface area contributed by atoms with E-state index in [1.807, 2.05) is 7.05 Å². The van der Waals surface area contributed by atoms with Gasteiger partial charge in [0, 0.05) is 19.5 Å². The largest absolute Gasteiger partial charge is 0.481 e. The molecule has 1 saturated heterocycles. The number of amidine groups is 1. The quantitative estimate of drug-likeness (QED) is 0.575. The number of hydrazine groups is 2. The molecule has 7 heteroatoms. The Bertz CT molecular complexity index is 708. The van der Waals surface area contributed by atoms with E-state index in [0.717, 1.165) is 44.6 Å². The number of hydrogen-bond acceptors (Lipinski definition) is 6. The lowest BCUT2D eigenvalue weighted by atomic mass is 9.76. The number of hydrazone groups is 1. The first kappa shape index (κ1) is 19.2. The van der Waals surface area contributed by atoms with Gasteiger partial charge in [0.1, 0.15) is 5.84 Å². The average molecular weight is 386 g/mol. The Hall–Kier alpha value is -2.12. The topological polar surface area (TPSA) is 89.0 Å². The summed E-state index contributed by atoms with van der Waals surface area (Å²) in [6.45, 7) is 2.13. The number of hydrogen-bond donors (Lipinski definition) is 4. The van der Waals surface area contributed by atoms with E-state index in [2.05, 4.69) is 45.6 Å². The van der Waals surface area contributed by atoms with Crippen LogP contribution in [0.1, 0.15) is 49.1 Å². The first-order valence-electron chi connectivity index (χ1n) is 10.5. The van der Waals surface area contributed by atoms with Crippen molar-refractivity contribution in [3.05, 3.63) is 35.4 Å². The number of nitrogens with one attached hydrogen (secondary N) is 3. The zero-order chi connectivity index (χ0) is 19.5. The van der Waals surface area contributed by atoms with Crippen LogP contribution in [0.5, 0.6) is 0 Å². The van der Waals surface area contributed by atoms with Crippen molar-refractivity contribution < 1.29 is 9.90 Å². The van der Waals surface area contributed by atoms with Gasteiger partial charge in [0.05, 0.1) is 5.92 Å². The first-order valence-corrected chi connectivity index (χ1v) is 10.5. The van der Waals surface area contributed by atoms with Crippen LogP contribution in [-0.2, 0) is 11.2 Å². The Labute approximate surface area is 166 Å². The van der Waals surface area contributed by atoms with E-state index < -0.39 is 11.9 Å². The molecule has 0 aromatic heterocycles. The second-order valence-electron chi connectivity index (χ2n) is 8.42. The van der Waals surface area contributed by atoms with Gasteiger partial charge in [-0.15, -0.1) is 10.2 Å². The van der Waals surface area contributed by atoms with Crippen LogP contribution in [0.25, 0.3) is 0 Å². The number of benzene rings is 1. The van der Waals surface area contributed by atoms with Gasteiger partial charge in [-0.05, 0) is 55.2 Å². The third-order valence-electron chi connectivity index (χ3n) is 6.55. The normalized spacial score (nSPS) is 25.2. The molecule has 3 atom stereocenters. The molecule has 0 spiro atoms. The molecule has 3 aliphatic rings. The first-order chi connectivity index (χ1) is 13.6. The van der Waals surface area contributed by atoms with Crippen molar-refractivity contribution >= 4 is 11.8 Å². The second-order valence-corrected chi connectivity index (χ2v) is 8.42. The smallest absolute Gasteiger partial charge is 0.307 e. The monoisotopic (exact) mass is 385 g/mol. The summed E-state index contributed by atoms with van der Waals surface area (Å²) in [7, 11) is 1.84. The minimum atomic E-state index is -0.704. The summed E-state index contributed by atoms with van der Waals surface area (Å²) in [5, 5.41) is 19.5. The lowest BCUT2D eigenvalue weighted by molar-refractivity contribution is -0.145. The summed E-state index contributed by atoms with van der Waals surface area (Å²) >= 11 is 0. The molecule has 1 aromatic rings. The summed E-state index contributed by atoms with van der Waals surface area (Å²) < 4.78 is 0. The third kappa shape index (κ3) is 4.15. The predicted molar refractivity (Wildman–Crippen MR) is 108 cm³/mol. The van der Waals surface area contributed by atoms with Crippen LogP contribution in [0.15, 0.2) is 29.4 Å². The van der Waals surface area contributed by atoms with Gasteiger partial charge in [0.15, 0.2) is 0 Å². The Morgan fingerprint density at radius 3 is 2.57 bits per heavy atom. The molecular weight excluding hydrogens is 354 g/mol. The second kappa shape index (κ2) is 8.49. The van der Waals surface area contributed by atoms with Gasteiger partial charge in [0.2, 0.25) is 0 Å². The standard InChI is InChI=1S/C21H31N5O2/c1-26-24-20(23-25-26)18(19(21(27)28)16-4-2-3-5-16)12-14-6-8-15(9-7-14)17-10-11-22-13-17/h6-9,16-19,22,25H,2-5,10-13H2,1H3,(H,23,24)(H,27,28)/t17?,18-,19-/m0/s1. The molecule has 4 N–H and O–H groups in total. The highest BCUT2D eigenvalue weighted by Crippen LogP contribution is 2.37. The Morgan fingerprint density at radius 1 is 1.25 bits per heavy atom. The summed E-state index contributed by atoms with van der Waals surface area (Å²) in [4.78, 5) is 12.3. The Morgan fingerprint density at radius 2 is 2.00 bits per heavy atom. The fourth-order valence-electron chi connectivity index (χ4n) is 5.05. The predicted octanol–water partition coefficient (Wildman–Crippen LogP) is 2.08. The van der Waals surface area contributed by atoms with Gasteiger partial charge >= 0.3 is 5.97 Å². The van der Waals surface area contributed by atoms with Gasteiger partial charge in [0.25, 0.3) is 0 Å². The SMILES string of the molecule is CN1NN=C([C@@H](Cc2ccc(C3CCNC3)cc2)[C@@H](C(=O)O)C2CCCC2)N1. The van der Waals surface area contributed by atoms with Gasteiger partial charge in [-0.1, -0.05) is 37.1 Å². The minimum absolute atomic E-state index is 0.169. The molecule has 0 amide bonds. The van der Waals surface area contributed by atoms with Crippen molar-refractivity contribution in [2.75, 3.05) is 20.1 Å². The lowest BCUT2D eigenvalue weighted by Gasteiger charge is -2.29. The molecule has 2 aliphatic heterocycles. The highest BCUT2D eigenvalue weighted by Gasteiger charge is 2.40. The molecular formula is C21H31N5O2. The van der Waals surface area contributed by atoms with Crippen LogP contribution in [0.4, 0.5) is 0 Å². The van der Waals surface area contributed by atoms with Crippen molar-refractivity contribution in [1.82, 2.24) is 21.4 Å². The van der Waals surface area contributed by atoms with Crippen LogP contribution >= 0.6 is 0 Å². The van der Waals surface area contributed by atoms with E-state index in [1.165, 1.54) is 17.5 Å². The molecule has 7 nitrogen and oxygen atoms in total. The minimum Gasteiger partial charge on any atom is -0.481 e. The molecule has 152 valence electrons. The van der Waals surface area contributed by atoms with E-state index >= 15 is 0 Å². The Balaban J connectivity index is 1.55. The van der Waals surface area contributed by atoms with Gasteiger partial charge in [-0.25, -0.2) is 5.53 Å². The fraction of sp³-hybridized carbons (Fsp3) is 0.619. The number of carboxylic acids is 1. The van der Waals surface area contributed by atoms with Crippen molar-refractivity contribution in [3.8, 4) is 0 Å². The van der Waals surface area contributed by atoms with E-state index in [1.54, 1.807) is 5.12 Å². The molecule has 1 aliphatic carbocycles. The third-order valence-corrected chi connectivity index (χ3v) is 6.55. The van der Waals surface area contributed by atoms with Crippen LogP contribution in [0.2, 0.25) is 0 Å². The molecule has 1 saturated carbocycles.